The Morgan fingerprint density at radius 1 is 1.38 bits per heavy atom. The molecule has 0 atom stereocenters. The molecule has 0 aliphatic heterocycles. The Labute approximate surface area is 75.4 Å². The zero-order valence-electron chi connectivity index (χ0n) is 7.70. The van der Waals surface area contributed by atoms with Crippen LogP contribution < -0.4 is 0 Å². The molecule has 0 saturated carbocycles. The molecule has 0 aliphatic rings. The van der Waals surface area contributed by atoms with Crippen LogP contribution in [0.2, 0.25) is 0 Å². The van der Waals surface area contributed by atoms with Crippen LogP contribution in [-0.2, 0) is 23.9 Å². The molecule has 0 spiro atoms. The molecule has 74 valence electrons. The molecule has 0 heterocycles. The van der Waals surface area contributed by atoms with E-state index >= 15 is 0 Å². The maximum Gasteiger partial charge on any atom is 0.397 e. The second-order valence-corrected chi connectivity index (χ2v) is 1.89. The van der Waals surface area contributed by atoms with Crippen LogP contribution >= 0.6 is 0 Å². The lowest BCUT2D eigenvalue weighted by molar-refractivity contribution is -0.142. The van der Waals surface area contributed by atoms with Gasteiger partial charge in [-0.3, -0.25) is 4.79 Å². The number of nitrogens with zero attached hydrogens (tertiary/aromatic N) is 1. The van der Waals surface area contributed by atoms with Crippen molar-refractivity contribution in [2.45, 2.75) is 13.8 Å². The first kappa shape index (κ1) is 11.4. The molecule has 0 radical (unpaired) electrons. The summed E-state index contributed by atoms with van der Waals surface area (Å²) in [7, 11) is 1.22. The lowest BCUT2D eigenvalue weighted by atomic mass is 10.6. The smallest absolute Gasteiger partial charge is 0.397 e. The van der Waals surface area contributed by atoms with Gasteiger partial charge in [0.1, 0.15) is 7.11 Å². The molecule has 6 nitrogen and oxygen atoms in total. The van der Waals surface area contributed by atoms with Crippen LogP contribution in [0.3, 0.4) is 0 Å². The standard InChI is InChI=1S/C7H11NO5/c1-4-12-7(10)6(8-11-3)13-5(2)9/h4H2,1-3H3/b8-6+. The lowest BCUT2D eigenvalue weighted by Gasteiger charge is -2.03. The van der Waals surface area contributed by atoms with Gasteiger partial charge in [0.05, 0.1) is 6.61 Å². The summed E-state index contributed by atoms with van der Waals surface area (Å²) < 4.78 is 8.95. The van der Waals surface area contributed by atoms with Gasteiger partial charge in [0.15, 0.2) is 0 Å². The third-order valence-electron chi connectivity index (χ3n) is 0.865. The summed E-state index contributed by atoms with van der Waals surface area (Å²) in [5, 5.41) is 3.18. The average Bonchev–Trinajstić information content (AvgIpc) is 2.03. The Morgan fingerprint density at radius 2 is 2.00 bits per heavy atom. The molecule has 0 rings (SSSR count). The number of hydrogen-bond acceptors (Lipinski definition) is 6. The summed E-state index contributed by atoms with van der Waals surface area (Å²) in [5.41, 5.74) is 0. The predicted octanol–water partition coefficient (Wildman–Crippen LogP) is 0.0725. The third kappa shape index (κ3) is 4.78. The minimum atomic E-state index is -0.834. The average molecular weight is 189 g/mol. The van der Waals surface area contributed by atoms with Gasteiger partial charge < -0.3 is 14.3 Å². The van der Waals surface area contributed by atoms with Crippen molar-refractivity contribution in [3.8, 4) is 0 Å². The summed E-state index contributed by atoms with van der Waals surface area (Å²) in [6.07, 6.45) is 0. The molecule has 0 fully saturated rings. The van der Waals surface area contributed by atoms with Crippen molar-refractivity contribution in [1.82, 2.24) is 0 Å². The predicted molar refractivity (Wildman–Crippen MR) is 42.8 cm³/mol. The van der Waals surface area contributed by atoms with E-state index in [4.69, 9.17) is 0 Å². The molecule has 0 amide bonds. The molecule has 0 aliphatic carbocycles. The fourth-order valence-corrected chi connectivity index (χ4v) is 0.509. The number of carbonyl (C=O) groups excluding carboxylic acids is 2. The first-order valence-electron chi connectivity index (χ1n) is 3.58. The first-order chi connectivity index (χ1) is 6.11. The Hall–Kier alpha value is -1.59. The molecule has 0 saturated heterocycles. The number of esters is 2. The van der Waals surface area contributed by atoms with Crippen molar-refractivity contribution in [3.05, 3.63) is 0 Å². The molecule has 13 heavy (non-hydrogen) atoms. The Kier molecular flexibility index (Phi) is 5.25. The third-order valence-corrected chi connectivity index (χ3v) is 0.865. The quantitative estimate of drug-likeness (QED) is 0.266. The summed E-state index contributed by atoms with van der Waals surface area (Å²) in [6.45, 7) is 2.93. The van der Waals surface area contributed by atoms with Crippen molar-refractivity contribution >= 4 is 17.8 Å². The van der Waals surface area contributed by atoms with E-state index in [0.29, 0.717) is 0 Å². The monoisotopic (exact) mass is 189 g/mol. The Morgan fingerprint density at radius 3 is 2.38 bits per heavy atom. The van der Waals surface area contributed by atoms with Crippen molar-refractivity contribution in [3.63, 3.8) is 0 Å². The maximum atomic E-state index is 11.0. The zero-order chi connectivity index (χ0) is 10.3. The van der Waals surface area contributed by atoms with Gasteiger partial charge in [-0.05, 0) is 12.1 Å². The topological polar surface area (TPSA) is 74.2 Å². The first-order valence-corrected chi connectivity index (χ1v) is 3.58. The lowest BCUT2D eigenvalue weighted by Crippen LogP contribution is -2.23. The van der Waals surface area contributed by atoms with Gasteiger partial charge in [0, 0.05) is 6.92 Å². The highest BCUT2D eigenvalue weighted by molar-refractivity contribution is 6.34. The van der Waals surface area contributed by atoms with Gasteiger partial charge in [-0.1, -0.05) is 0 Å². The Bertz CT molecular complexity index is 223. The number of hydrogen-bond donors (Lipinski definition) is 0. The summed E-state index contributed by atoms with van der Waals surface area (Å²) in [4.78, 5) is 25.7. The van der Waals surface area contributed by atoms with Gasteiger partial charge in [0.25, 0.3) is 0 Å². The van der Waals surface area contributed by atoms with Crippen LogP contribution in [0.25, 0.3) is 0 Å². The van der Waals surface area contributed by atoms with Crippen molar-refractivity contribution in [2.24, 2.45) is 5.16 Å². The number of oxime groups is 1. The molecule has 0 aromatic rings. The molecule has 6 heteroatoms. The largest absolute Gasteiger partial charge is 0.459 e. The maximum absolute atomic E-state index is 11.0. The number of ether oxygens (including phenoxy) is 2. The van der Waals surface area contributed by atoms with Crippen LogP contribution in [0.4, 0.5) is 0 Å². The van der Waals surface area contributed by atoms with E-state index in [1.165, 1.54) is 7.11 Å². The van der Waals surface area contributed by atoms with Crippen LogP contribution in [0.5, 0.6) is 0 Å². The van der Waals surface area contributed by atoms with Crippen molar-refractivity contribution in [2.75, 3.05) is 13.7 Å². The van der Waals surface area contributed by atoms with Crippen LogP contribution in [-0.4, -0.2) is 31.6 Å². The van der Waals surface area contributed by atoms with Crippen molar-refractivity contribution < 1.29 is 23.9 Å². The van der Waals surface area contributed by atoms with Crippen LogP contribution in [0.15, 0.2) is 5.16 Å². The van der Waals surface area contributed by atoms with Gasteiger partial charge >= 0.3 is 17.8 Å². The fraction of sp³-hybridized carbons (Fsp3) is 0.571. The SMILES string of the molecule is CCOC(=O)/C(=N\OC)OC(C)=O. The molecule has 0 aromatic carbocycles. The summed E-state index contributed by atoms with van der Waals surface area (Å²) >= 11 is 0. The van der Waals surface area contributed by atoms with E-state index in [1.807, 2.05) is 0 Å². The second kappa shape index (κ2) is 5.99. The van der Waals surface area contributed by atoms with E-state index in [9.17, 15) is 9.59 Å². The molecular weight excluding hydrogens is 178 g/mol. The minimum absolute atomic E-state index is 0.169. The molecular formula is C7H11NO5. The second-order valence-electron chi connectivity index (χ2n) is 1.89. The molecule has 0 unspecified atom stereocenters. The van der Waals surface area contributed by atoms with Crippen LogP contribution in [0, 0.1) is 0 Å². The number of carbonyl (C=O) groups is 2. The minimum Gasteiger partial charge on any atom is -0.459 e. The summed E-state index contributed by atoms with van der Waals surface area (Å²) in [6, 6.07) is 0. The highest BCUT2D eigenvalue weighted by Gasteiger charge is 2.17. The molecule has 0 N–H and O–H groups in total. The number of rotatable bonds is 2. The molecule has 0 bridgehead atoms. The highest BCUT2D eigenvalue weighted by Crippen LogP contribution is 1.90. The van der Waals surface area contributed by atoms with E-state index < -0.39 is 17.8 Å². The van der Waals surface area contributed by atoms with Crippen molar-refractivity contribution in [1.29, 1.82) is 0 Å². The normalized spacial score (nSPS) is 10.5. The van der Waals surface area contributed by atoms with Gasteiger partial charge in [-0.15, -0.1) is 0 Å². The van der Waals surface area contributed by atoms with E-state index in [-0.39, 0.29) is 6.61 Å². The highest BCUT2D eigenvalue weighted by atomic mass is 16.7. The van der Waals surface area contributed by atoms with Gasteiger partial charge in [-0.25, -0.2) is 4.79 Å². The Balaban J connectivity index is 4.33. The van der Waals surface area contributed by atoms with E-state index in [1.54, 1.807) is 6.92 Å². The van der Waals surface area contributed by atoms with E-state index in [2.05, 4.69) is 19.5 Å². The fourth-order valence-electron chi connectivity index (χ4n) is 0.509. The zero-order valence-corrected chi connectivity index (χ0v) is 7.70. The van der Waals surface area contributed by atoms with E-state index in [0.717, 1.165) is 6.92 Å². The summed E-state index contributed by atoms with van der Waals surface area (Å²) in [5.74, 6) is -2.00. The van der Waals surface area contributed by atoms with Gasteiger partial charge in [0.2, 0.25) is 0 Å². The van der Waals surface area contributed by atoms with Gasteiger partial charge in [-0.2, -0.15) is 0 Å². The van der Waals surface area contributed by atoms with Crippen LogP contribution in [0.1, 0.15) is 13.8 Å². The molecule has 0 aromatic heterocycles.